The summed E-state index contributed by atoms with van der Waals surface area (Å²) < 4.78 is 127. The van der Waals surface area contributed by atoms with Gasteiger partial charge in [-0.25, -0.2) is 13.8 Å². The maximum absolute atomic E-state index is 14.9. The molecular weight excluding hydrogens is 623 g/mol. The molecule has 1 amide bonds. The number of carbonyl (C=O) groups excluding carboxylic acids is 1. The quantitative estimate of drug-likeness (QED) is 0.242. The Hall–Kier alpha value is -3.94. The Morgan fingerprint density at radius 2 is 1.79 bits per heavy atom. The first-order valence-corrected chi connectivity index (χ1v) is 12.7. The van der Waals surface area contributed by atoms with Crippen LogP contribution in [-0.2, 0) is 12.7 Å². The summed E-state index contributed by atoms with van der Waals surface area (Å²) in [6.45, 7) is -1.90. The molecule has 232 valence electrons. The van der Waals surface area contributed by atoms with Crippen molar-refractivity contribution in [1.29, 1.82) is 5.26 Å². The first-order valence-electron chi connectivity index (χ1n) is 12.3. The summed E-state index contributed by atoms with van der Waals surface area (Å²) in [5.41, 5.74) is -9.34. The van der Waals surface area contributed by atoms with Gasteiger partial charge in [0, 0.05) is 25.4 Å². The van der Waals surface area contributed by atoms with Gasteiger partial charge in [0.2, 0.25) is 0 Å². The van der Waals surface area contributed by atoms with Crippen molar-refractivity contribution in [2.45, 2.75) is 56.4 Å². The SMILES string of the molecule is CCCN(C(=O)c1cc(-c2cnn(-c3c(OC(F)F)c(C(F)(C(F)(F)F)C(F)(F)F)nn3C)c2)ccc1Cl)C1(C#N)CC1. The maximum Gasteiger partial charge on any atom is 0.437 e. The molecule has 0 N–H and O–H groups in total. The van der Waals surface area contributed by atoms with E-state index < -0.39 is 53.3 Å². The molecule has 0 aliphatic heterocycles. The van der Waals surface area contributed by atoms with Crippen molar-refractivity contribution < 1.29 is 49.0 Å². The fraction of sp³-hybridized carbons (Fsp3) is 0.440. The molecule has 1 aromatic carbocycles. The van der Waals surface area contributed by atoms with Crippen LogP contribution in [-0.4, -0.2) is 61.4 Å². The van der Waals surface area contributed by atoms with Crippen LogP contribution in [0.25, 0.3) is 16.9 Å². The van der Waals surface area contributed by atoms with Crippen molar-refractivity contribution in [3.8, 4) is 28.8 Å². The fourth-order valence-corrected chi connectivity index (χ4v) is 4.69. The van der Waals surface area contributed by atoms with Gasteiger partial charge in [-0.05, 0) is 37.0 Å². The van der Waals surface area contributed by atoms with Crippen molar-refractivity contribution >= 4 is 17.5 Å². The van der Waals surface area contributed by atoms with Gasteiger partial charge in [0.25, 0.3) is 5.91 Å². The highest BCUT2D eigenvalue weighted by molar-refractivity contribution is 6.34. The minimum Gasteiger partial charge on any atom is -0.429 e. The molecule has 2 aromatic heterocycles. The Labute approximate surface area is 242 Å². The number of ether oxygens (including phenoxy) is 1. The summed E-state index contributed by atoms with van der Waals surface area (Å²) in [5.74, 6) is -3.39. The minimum absolute atomic E-state index is 0.0102. The van der Waals surface area contributed by atoms with E-state index in [0.29, 0.717) is 23.9 Å². The number of aryl methyl sites for hydroxylation is 1. The summed E-state index contributed by atoms with van der Waals surface area (Å²) in [4.78, 5) is 14.8. The third-order valence-electron chi connectivity index (χ3n) is 6.76. The lowest BCUT2D eigenvalue weighted by Crippen LogP contribution is -2.51. The molecule has 43 heavy (non-hydrogen) atoms. The lowest BCUT2D eigenvalue weighted by Gasteiger charge is -2.28. The number of nitrogens with zero attached hydrogens (tertiary/aromatic N) is 6. The molecule has 1 fully saturated rings. The zero-order chi connectivity index (χ0) is 32.1. The van der Waals surface area contributed by atoms with Gasteiger partial charge in [-0.2, -0.15) is 50.6 Å². The predicted molar refractivity (Wildman–Crippen MR) is 131 cm³/mol. The van der Waals surface area contributed by atoms with E-state index in [1.54, 1.807) is 0 Å². The molecule has 18 heteroatoms. The largest absolute Gasteiger partial charge is 0.437 e. The second-order valence-electron chi connectivity index (χ2n) is 9.63. The molecule has 8 nitrogen and oxygen atoms in total. The van der Waals surface area contributed by atoms with Crippen LogP contribution < -0.4 is 4.74 Å². The maximum atomic E-state index is 14.9. The van der Waals surface area contributed by atoms with E-state index in [-0.39, 0.29) is 32.9 Å². The van der Waals surface area contributed by atoms with E-state index in [1.807, 2.05) is 6.92 Å². The number of amides is 1. The van der Waals surface area contributed by atoms with Gasteiger partial charge in [0.1, 0.15) is 5.54 Å². The molecule has 0 saturated heterocycles. The number of rotatable bonds is 9. The lowest BCUT2D eigenvalue weighted by atomic mass is 9.99. The molecule has 0 radical (unpaired) electrons. The highest BCUT2D eigenvalue weighted by atomic mass is 35.5. The van der Waals surface area contributed by atoms with Gasteiger partial charge in [0.05, 0.1) is 22.9 Å². The Morgan fingerprint density at radius 1 is 1.16 bits per heavy atom. The van der Waals surface area contributed by atoms with Gasteiger partial charge in [0.15, 0.2) is 17.3 Å². The molecule has 0 bridgehead atoms. The van der Waals surface area contributed by atoms with E-state index in [4.69, 9.17) is 11.6 Å². The van der Waals surface area contributed by atoms with Crippen LogP contribution in [0.2, 0.25) is 5.02 Å². The number of hydrogen-bond acceptors (Lipinski definition) is 5. The third-order valence-corrected chi connectivity index (χ3v) is 7.09. The van der Waals surface area contributed by atoms with Crippen molar-refractivity contribution in [3.05, 3.63) is 46.9 Å². The summed E-state index contributed by atoms with van der Waals surface area (Å²) in [5, 5.41) is 16.4. The summed E-state index contributed by atoms with van der Waals surface area (Å²) in [7, 11) is 0.774. The number of carbonyl (C=O) groups is 1. The van der Waals surface area contributed by atoms with E-state index in [1.165, 1.54) is 23.1 Å². The Kier molecular flexibility index (Phi) is 8.15. The highest BCUT2D eigenvalue weighted by Gasteiger charge is 2.76. The number of benzene rings is 1. The van der Waals surface area contributed by atoms with Crippen molar-refractivity contribution in [3.63, 3.8) is 0 Å². The second kappa shape index (κ2) is 11.0. The zero-order valence-electron chi connectivity index (χ0n) is 22.1. The first kappa shape index (κ1) is 32.0. The predicted octanol–water partition coefficient (Wildman–Crippen LogP) is 6.73. The van der Waals surface area contributed by atoms with Crippen LogP contribution in [0.5, 0.6) is 5.75 Å². The third kappa shape index (κ3) is 5.48. The summed E-state index contributed by atoms with van der Waals surface area (Å²) >= 11 is 6.28. The van der Waals surface area contributed by atoms with E-state index in [9.17, 15) is 49.6 Å². The molecule has 0 spiro atoms. The lowest BCUT2D eigenvalue weighted by molar-refractivity contribution is -0.350. The molecule has 3 aromatic rings. The summed E-state index contributed by atoms with van der Waals surface area (Å²) in [6.07, 6.45) is -9.79. The van der Waals surface area contributed by atoms with Gasteiger partial charge in [-0.1, -0.05) is 24.6 Å². The molecule has 1 aliphatic carbocycles. The monoisotopic (exact) mass is 642 g/mol. The topological polar surface area (TPSA) is 89.0 Å². The van der Waals surface area contributed by atoms with Crippen molar-refractivity contribution in [2.75, 3.05) is 6.54 Å². The summed E-state index contributed by atoms with van der Waals surface area (Å²) in [6, 6.07) is 6.22. The Balaban J connectivity index is 1.81. The molecule has 0 unspecified atom stereocenters. The number of aromatic nitrogens is 4. The second-order valence-corrected chi connectivity index (χ2v) is 10.0. The zero-order valence-corrected chi connectivity index (χ0v) is 22.8. The van der Waals surface area contributed by atoms with Gasteiger partial charge in [-0.3, -0.25) is 4.79 Å². The van der Waals surface area contributed by atoms with Crippen LogP contribution in [0.4, 0.5) is 39.5 Å². The number of halogens is 10. The number of alkyl halides is 9. The molecule has 4 rings (SSSR count). The first-order chi connectivity index (χ1) is 19.9. The average Bonchev–Trinajstić information content (AvgIpc) is 3.44. The van der Waals surface area contributed by atoms with Crippen molar-refractivity contribution in [1.82, 2.24) is 24.5 Å². The Bertz CT molecular complexity index is 1560. The van der Waals surface area contributed by atoms with Gasteiger partial charge >= 0.3 is 24.6 Å². The van der Waals surface area contributed by atoms with E-state index in [2.05, 4.69) is 21.0 Å². The van der Waals surface area contributed by atoms with E-state index >= 15 is 0 Å². The molecule has 0 atom stereocenters. The number of hydrogen-bond donors (Lipinski definition) is 0. The van der Waals surface area contributed by atoms with Crippen LogP contribution in [0.3, 0.4) is 0 Å². The molecule has 1 aliphatic rings. The fourth-order valence-electron chi connectivity index (χ4n) is 4.50. The van der Waals surface area contributed by atoms with Crippen LogP contribution in [0.1, 0.15) is 42.2 Å². The van der Waals surface area contributed by atoms with Gasteiger partial charge in [-0.15, -0.1) is 0 Å². The van der Waals surface area contributed by atoms with Gasteiger partial charge < -0.3 is 9.64 Å². The molecular formula is C25H20ClF9N6O2. The highest BCUT2D eigenvalue weighted by Crippen LogP contribution is 2.56. The van der Waals surface area contributed by atoms with Crippen molar-refractivity contribution in [2.24, 2.45) is 7.05 Å². The molecule has 2 heterocycles. The number of nitriles is 1. The van der Waals surface area contributed by atoms with Crippen LogP contribution in [0.15, 0.2) is 30.6 Å². The van der Waals surface area contributed by atoms with Crippen LogP contribution in [0, 0.1) is 11.3 Å². The van der Waals surface area contributed by atoms with Crippen LogP contribution >= 0.6 is 11.6 Å². The molecule has 1 saturated carbocycles. The Morgan fingerprint density at radius 3 is 2.30 bits per heavy atom. The minimum atomic E-state index is -6.66. The smallest absolute Gasteiger partial charge is 0.429 e. The normalized spacial score (nSPS) is 15.0. The average molecular weight is 643 g/mol. The van der Waals surface area contributed by atoms with E-state index in [0.717, 1.165) is 19.4 Å². The standard InChI is InChI=1S/C25H20ClF9N6O2/c1-3-8-40(22(12-36)6-7-22)20(42)15-9-13(4-5-16(15)26)14-10-37-41(11-14)19-17(43-21(27)28)18(38-39(19)2)23(29,24(30,31)32)25(33,34)35/h4-5,9-11,21H,3,6-8H2,1-2H3.